The van der Waals surface area contributed by atoms with Gasteiger partial charge in [-0.15, -0.1) is 0 Å². The lowest BCUT2D eigenvalue weighted by Gasteiger charge is -2.28. The summed E-state index contributed by atoms with van der Waals surface area (Å²) in [6.07, 6.45) is 2.92. The molecule has 0 aromatic heterocycles. The lowest BCUT2D eigenvalue weighted by atomic mass is 9.88. The second-order valence-corrected chi connectivity index (χ2v) is 9.20. The molecule has 6 nitrogen and oxygen atoms in total. The van der Waals surface area contributed by atoms with Gasteiger partial charge in [-0.2, -0.15) is 0 Å². The Kier molecular flexibility index (Phi) is 5.18. The molecule has 1 saturated heterocycles. The fraction of sp³-hybridized carbons (Fsp3) is 0.611. The Hall–Kier alpha value is -1.44. The van der Waals surface area contributed by atoms with Crippen LogP contribution in [0.5, 0.6) is 0 Å². The van der Waals surface area contributed by atoms with E-state index in [9.17, 15) is 13.2 Å². The molecule has 2 fully saturated rings. The largest absolute Gasteiger partial charge is 0.378 e. The summed E-state index contributed by atoms with van der Waals surface area (Å²) in [6.45, 7) is 6.40. The Bertz CT molecular complexity index is 722. The van der Waals surface area contributed by atoms with Gasteiger partial charge >= 0.3 is 0 Å². The van der Waals surface area contributed by atoms with E-state index in [2.05, 4.69) is 18.6 Å². The highest BCUT2D eigenvalue weighted by atomic mass is 32.2. The molecule has 0 radical (unpaired) electrons. The second-order valence-electron chi connectivity index (χ2n) is 7.48. The van der Waals surface area contributed by atoms with Crippen LogP contribution in [0.25, 0.3) is 0 Å². The molecule has 1 amide bonds. The van der Waals surface area contributed by atoms with Crippen molar-refractivity contribution >= 4 is 15.9 Å². The van der Waals surface area contributed by atoms with E-state index in [0.717, 1.165) is 19.3 Å². The topological polar surface area (TPSA) is 75.7 Å². The van der Waals surface area contributed by atoms with E-state index in [1.54, 1.807) is 17.0 Å². The van der Waals surface area contributed by atoms with Crippen molar-refractivity contribution in [2.45, 2.75) is 44.0 Å². The number of sulfonamides is 1. The zero-order valence-electron chi connectivity index (χ0n) is 14.8. The van der Waals surface area contributed by atoms with Crippen molar-refractivity contribution in [1.29, 1.82) is 0 Å². The van der Waals surface area contributed by atoms with Crippen LogP contribution in [0.1, 0.15) is 43.5 Å². The summed E-state index contributed by atoms with van der Waals surface area (Å²) in [6, 6.07) is 6.15. The number of carbonyl (C=O) groups is 1. The maximum atomic E-state index is 12.6. The Morgan fingerprint density at radius 2 is 1.84 bits per heavy atom. The third-order valence-electron chi connectivity index (χ3n) is 5.26. The number of hydrogen-bond acceptors (Lipinski definition) is 4. The van der Waals surface area contributed by atoms with E-state index in [4.69, 9.17) is 4.74 Å². The number of ether oxygens (including phenoxy) is 1. The van der Waals surface area contributed by atoms with Gasteiger partial charge in [0.2, 0.25) is 10.0 Å². The van der Waals surface area contributed by atoms with E-state index in [-0.39, 0.29) is 22.3 Å². The number of amides is 1. The maximum absolute atomic E-state index is 12.6. The van der Waals surface area contributed by atoms with Gasteiger partial charge in [0.25, 0.3) is 5.91 Å². The number of morpholine rings is 1. The molecule has 1 atom stereocenters. The van der Waals surface area contributed by atoms with Crippen LogP contribution >= 0.6 is 0 Å². The number of hydrogen-bond donors (Lipinski definition) is 1. The highest BCUT2D eigenvalue weighted by molar-refractivity contribution is 7.89. The average Bonchev–Trinajstić information content (AvgIpc) is 2.93. The van der Waals surface area contributed by atoms with Gasteiger partial charge in [-0.3, -0.25) is 4.79 Å². The minimum atomic E-state index is -3.58. The Labute approximate surface area is 149 Å². The van der Waals surface area contributed by atoms with E-state index in [1.807, 2.05) is 0 Å². The fourth-order valence-corrected chi connectivity index (χ4v) is 4.97. The molecule has 138 valence electrons. The molecule has 7 heteroatoms. The summed E-state index contributed by atoms with van der Waals surface area (Å²) in [5.74, 6) is -0.0860. The highest BCUT2D eigenvalue weighted by Gasteiger charge is 2.37. The summed E-state index contributed by atoms with van der Waals surface area (Å²) in [5.41, 5.74) is 0.473. The molecule has 3 rings (SSSR count). The average molecular weight is 366 g/mol. The molecule has 1 aromatic carbocycles. The monoisotopic (exact) mass is 366 g/mol. The molecule has 1 aromatic rings. The van der Waals surface area contributed by atoms with Gasteiger partial charge in [0, 0.05) is 24.7 Å². The van der Waals surface area contributed by atoms with Crippen molar-refractivity contribution in [2.24, 2.45) is 5.41 Å². The molecule has 2 aliphatic rings. The highest BCUT2D eigenvalue weighted by Crippen LogP contribution is 2.37. The fourth-order valence-electron chi connectivity index (χ4n) is 3.53. The summed E-state index contributed by atoms with van der Waals surface area (Å²) < 4.78 is 33.4. The smallest absolute Gasteiger partial charge is 0.254 e. The van der Waals surface area contributed by atoms with E-state index >= 15 is 0 Å². The van der Waals surface area contributed by atoms with Crippen molar-refractivity contribution in [3.8, 4) is 0 Å². The quantitative estimate of drug-likeness (QED) is 0.884. The van der Waals surface area contributed by atoms with Crippen LogP contribution in [0.4, 0.5) is 0 Å². The van der Waals surface area contributed by atoms with E-state index < -0.39 is 10.0 Å². The van der Waals surface area contributed by atoms with E-state index in [0.29, 0.717) is 31.9 Å². The predicted molar refractivity (Wildman–Crippen MR) is 94.9 cm³/mol. The molecule has 1 aliphatic carbocycles. The maximum Gasteiger partial charge on any atom is 0.254 e. The number of nitrogens with zero attached hydrogens (tertiary/aromatic N) is 1. The van der Waals surface area contributed by atoms with Gasteiger partial charge in [-0.1, -0.05) is 20.3 Å². The zero-order valence-corrected chi connectivity index (χ0v) is 15.6. The molecule has 0 spiro atoms. The van der Waals surface area contributed by atoms with E-state index in [1.165, 1.54) is 12.1 Å². The van der Waals surface area contributed by atoms with Crippen molar-refractivity contribution in [3.05, 3.63) is 29.8 Å². The minimum Gasteiger partial charge on any atom is -0.378 e. The van der Waals surface area contributed by atoms with Gasteiger partial charge in [0.05, 0.1) is 18.1 Å². The first-order chi connectivity index (χ1) is 11.8. The van der Waals surface area contributed by atoms with Crippen molar-refractivity contribution in [3.63, 3.8) is 0 Å². The summed E-state index contributed by atoms with van der Waals surface area (Å²) in [5, 5.41) is 0. The standard InChI is InChI=1S/C18H26N2O4S/c1-18(2)9-3-4-16(18)19-25(22,23)15-7-5-14(6-8-15)17(21)20-10-12-24-13-11-20/h5-8,16,19H,3-4,9-13H2,1-2H3. The number of nitrogens with one attached hydrogen (secondary N) is 1. The van der Waals surface area contributed by atoms with Crippen molar-refractivity contribution in [2.75, 3.05) is 26.3 Å². The molecule has 1 heterocycles. The molecule has 0 bridgehead atoms. The minimum absolute atomic E-state index is 0.0285. The van der Waals surface area contributed by atoms with Crippen LogP contribution in [-0.2, 0) is 14.8 Å². The first-order valence-electron chi connectivity index (χ1n) is 8.79. The van der Waals surface area contributed by atoms with Crippen LogP contribution in [0.2, 0.25) is 0 Å². The normalized spacial score (nSPS) is 23.6. The van der Waals surface area contributed by atoms with Crippen molar-refractivity contribution < 1.29 is 17.9 Å². The van der Waals surface area contributed by atoms with Crippen molar-refractivity contribution in [1.82, 2.24) is 9.62 Å². The Morgan fingerprint density at radius 3 is 2.40 bits per heavy atom. The first kappa shape index (κ1) is 18.4. The summed E-state index contributed by atoms with van der Waals surface area (Å²) in [4.78, 5) is 14.4. The molecule has 1 unspecified atom stereocenters. The van der Waals surface area contributed by atoms with Crippen LogP contribution in [0.3, 0.4) is 0 Å². The molecule has 1 saturated carbocycles. The lowest BCUT2D eigenvalue weighted by Crippen LogP contribution is -2.41. The molecular formula is C18H26N2O4S. The number of carbonyl (C=O) groups excluding carboxylic acids is 1. The number of rotatable bonds is 4. The first-order valence-corrected chi connectivity index (χ1v) is 10.3. The Morgan fingerprint density at radius 1 is 1.20 bits per heavy atom. The van der Waals surface area contributed by atoms with Gasteiger partial charge in [-0.05, 0) is 42.5 Å². The van der Waals surface area contributed by atoms with Crippen LogP contribution < -0.4 is 4.72 Å². The van der Waals surface area contributed by atoms with Gasteiger partial charge in [0.1, 0.15) is 0 Å². The number of benzene rings is 1. The predicted octanol–water partition coefficient (Wildman–Crippen LogP) is 2.02. The Balaban J connectivity index is 1.71. The van der Waals surface area contributed by atoms with Crippen LogP contribution in [0.15, 0.2) is 29.2 Å². The second kappa shape index (κ2) is 7.05. The zero-order chi connectivity index (χ0) is 18.1. The molecular weight excluding hydrogens is 340 g/mol. The molecule has 1 aliphatic heterocycles. The van der Waals surface area contributed by atoms with Gasteiger partial charge in [-0.25, -0.2) is 13.1 Å². The van der Waals surface area contributed by atoms with Gasteiger partial charge < -0.3 is 9.64 Å². The molecule has 25 heavy (non-hydrogen) atoms. The summed E-state index contributed by atoms with van der Waals surface area (Å²) in [7, 11) is -3.58. The SMILES string of the molecule is CC1(C)CCCC1NS(=O)(=O)c1ccc(C(=O)N2CCOCC2)cc1. The third-order valence-corrected chi connectivity index (χ3v) is 6.75. The summed E-state index contributed by atoms with van der Waals surface area (Å²) >= 11 is 0. The van der Waals surface area contributed by atoms with Gasteiger partial charge in [0.15, 0.2) is 0 Å². The third kappa shape index (κ3) is 4.04. The molecule has 1 N–H and O–H groups in total. The lowest BCUT2D eigenvalue weighted by molar-refractivity contribution is 0.0303. The van der Waals surface area contributed by atoms with Crippen LogP contribution in [0, 0.1) is 5.41 Å². The van der Waals surface area contributed by atoms with Crippen LogP contribution in [-0.4, -0.2) is 51.6 Å².